The summed E-state index contributed by atoms with van der Waals surface area (Å²) >= 11 is 0. The van der Waals surface area contributed by atoms with Crippen LogP contribution < -0.4 is 11.1 Å². The predicted molar refractivity (Wildman–Crippen MR) is 128 cm³/mol. The van der Waals surface area contributed by atoms with Crippen molar-refractivity contribution < 1.29 is 13.9 Å². The highest BCUT2D eigenvalue weighted by Gasteiger charge is 2.16. The maximum absolute atomic E-state index is 12.6. The number of rotatable bonds is 7. The van der Waals surface area contributed by atoms with Crippen LogP contribution in [0.4, 0.5) is 11.5 Å². The van der Waals surface area contributed by atoms with E-state index >= 15 is 0 Å². The third-order valence-electron chi connectivity index (χ3n) is 4.70. The van der Waals surface area contributed by atoms with Crippen molar-refractivity contribution in [2.75, 3.05) is 45.3 Å². The van der Waals surface area contributed by atoms with E-state index in [0.717, 1.165) is 12.1 Å². The van der Waals surface area contributed by atoms with E-state index in [1.807, 2.05) is 37.2 Å². The lowest BCUT2D eigenvalue weighted by molar-refractivity contribution is 0.0786. The number of anilines is 2. The summed E-state index contributed by atoms with van der Waals surface area (Å²) in [5, 5.41) is 2.76. The molecule has 8 nitrogen and oxygen atoms in total. The average Bonchev–Trinajstić information content (AvgIpc) is 2.78. The van der Waals surface area contributed by atoms with E-state index in [4.69, 9.17) is 5.73 Å². The molecule has 1 heterocycles. The maximum Gasteiger partial charge on any atom is 0.278 e. The molecule has 3 rings (SSSR count). The van der Waals surface area contributed by atoms with Crippen molar-refractivity contribution in [3.05, 3.63) is 72.1 Å². The van der Waals surface area contributed by atoms with Gasteiger partial charge in [0.1, 0.15) is 0 Å². The van der Waals surface area contributed by atoms with Crippen molar-refractivity contribution in [1.29, 1.82) is 0 Å². The van der Waals surface area contributed by atoms with Gasteiger partial charge in [-0.1, -0.05) is 30.3 Å². The van der Waals surface area contributed by atoms with Gasteiger partial charge in [0.05, 0.1) is 11.9 Å². The number of benzene rings is 2. The summed E-state index contributed by atoms with van der Waals surface area (Å²) < 4.78 is 0. The van der Waals surface area contributed by atoms with Crippen molar-refractivity contribution >= 4 is 23.3 Å². The molecule has 0 aliphatic heterocycles. The first-order valence-corrected chi connectivity index (χ1v) is 9.84. The molecule has 0 fully saturated rings. The Kier molecular flexibility index (Phi) is 6.94. The summed E-state index contributed by atoms with van der Waals surface area (Å²) in [6, 6.07) is 16.1. The van der Waals surface area contributed by atoms with Gasteiger partial charge in [0.2, 0.25) is 0 Å². The molecule has 0 saturated carbocycles. The second-order valence-electron chi connectivity index (χ2n) is 7.42. The summed E-state index contributed by atoms with van der Waals surface area (Å²) in [6.45, 7) is 1.42. The molecule has 8 heteroatoms. The molecule has 1 aromatic heterocycles. The van der Waals surface area contributed by atoms with E-state index in [1.165, 1.54) is 6.20 Å². The fraction of sp³-hybridized carbons (Fsp3) is 0.217. The number of likely N-dealkylation sites (N-methyl/N-ethyl adjacent to an activating group) is 2. The highest BCUT2D eigenvalue weighted by atomic mass is 16.2. The molecule has 3 aromatic rings. The molecule has 0 unspecified atom stereocenters. The van der Waals surface area contributed by atoms with E-state index in [1.54, 1.807) is 48.3 Å². The molecule has 0 aliphatic carbocycles. The summed E-state index contributed by atoms with van der Waals surface area (Å²) in [4.78, 5) is 37.4. The van der Waals surface area contributed by atoms with Crippen molar-refractivity contribution in [3.63, 3.8) is 0 Å². The first-order valence-electron chi connectivity index (χ1n) is 9.84. The van der Waals surface area contributed by atoms with E-state index in [9.17, 15) is 9.59 Å². The molecule has 0 atom stereocenters. The Labute approximate surface area is 186 Å². The third kappa shape index (κ3) is 5.64. The number of nitrogens with zero attached hydrogens (tertiary/aromatic N) is 4. The number of amides is 2. The Bertz CT molecular complexity index is 1070. The van der Waals surface area contributed by atoms with Crippen molar-refractivity contribution in [2.24, 2.45) is 0 Å². The van der Waals surface area contributed by atoms with Crippen LogP contribution >= 0.6 is 0 Å². The van der Waals surface area contributed by atoms with Gasteiger partial charge in [-0.25, -0.2) is 9.97 Å². The number of hydrogen-bond donors (Lipinski definition) is 2. The number of carbonyl (C=O) groups excluding carboxylic acids is 2. The van der Waals surface area contributed by atoms with E-state index in [2.05, 4.69) is 15.3 Å². The van der Waals surface area contributed by atoms with Gasteiger partial charge in [-0.2, -0.15) is 0 Å². The van der Waals surface area contributed by atoms with Crippen LogP contribution in [-0.4, -0.2) is 65.8 Å². The maximum atomic E-state index is 12.6. The van der Waals surface area contributed by atoms with E-state index < -0.39 is 5.91 Å². The molecule has 0 saturated heterocycles. The number of para-hydroxylation sites is 1. The Morgan fingerprint density at radius 3 is 2.32 bits per heavy atom. The lowest BCUT2D eigenvalue weighted by Crippen LogP contribution is -2.33. The number of nitrogen functional groups attached to an aromatic ring is 1. The average molecular weight is 425 g/mol. The van der Waals surface area contributed by atoms with E-state index in [0.29, 0.717) is 23.5 Å². The third-order valence-corrected chi connectivity index (χ3v) is 4.70. The number of nitrogens with one attached hydrogen (secondary N) is 1. The van der Waals surface area contributed by atoms with Crippen LogP contribution in [0.5, 0.6) is 0 Å². The van der Waals surface area contributed by atoms with Crippen LogP contribution in [0.3, 0.4) is 0 Å². The van der Waals surface area contributed by atoms with Gasteiger partial charge in [-0.05, 0) is 38.4 Å². The molecule has 31 heavy (non-hydrogen) atoms. The molecular formula is C23H32N6O2. The second kappa shape index (κ2) is 9.82. The smallest absolute Gasteiger partial charge is 0.278 e. The molecule has 0 bridgehead atoms. The molecule has 166 valence electrons. The van der Waals surface area contributed by atoms with Crippen LogP contribution in [0.2, 0.25) is 0 Å². The standard InChI is InChI=1S/C23H26N6O2.3H2/c1-28(2)13-14-29(3)23(31)17-11-9-16(10-12-17)19-15-25-21(24)20(27-19)22(30)26-18-7-5-4-6-8-18;;;/h4-12,15H,13-14H2,1-3H3,(H2,24,25)(H,26,30);3*1H. The predicted octanol–water partition coefficient (Wildman–Crippen LogP) is 3.35. The Morgan fingerprint density at radius 1 is 1.00 bits per heavy atom. The topological polar surface area (TPSA) is 104 Å². The van der Waals surface area contributed by atoms with Crippen LogP contribution in [-0.2, 0) is 0 Å². The van der Waals surface area contributed by atoms with Crippen LogP contribution in [0.25, 0.3) is 11.3 Å². The van der Waals surface area contributed by atoms with Gasteiger partial charge in [-0.15, -0.1) is 0 Å². The summed E-state index contributed by atoms with van der Waals surface area (Å²) in [5.74, 6) is -0.446. The van der Waals surface area contributed by atoms with Crippen LogP contribution in [0.15, 0.2) is 60.8 Å². The Hall–Kier alpha value is -3.78. The quantitative estimate of drug-likeness (QED) is 0.603. The first-order chi connectivity index (χ1) is 14.8. The van der Waals surface area contributed by atoms with Crippen molar-refractivity contribution in [1.82, 2.24) is 19.8 Å². The van der Waals surface area contributed by atoms with Gasteiger partial charge < -0.3 is 20.9 Å². The fourth-order valence-electron chi connectivity index (χ4n) is 2.87. The van der Waals surface area contributed by atoms with E-state index in [-0.39, 0.29) is 21.7 Å². The molecule has 2 amide bonds. The van der Waals surface area contributed by atoms with Crippen molar-refractivity contribution in [2.45, 2.75) is 0 Å². The van der Waals surface area contributed by atoms with Crippen molar-refractivity contribution in [3.8, 4) is 11.3 Å². The Morgan fingerprint density at radius 2 is 1.68 bits per heavy atom. The van der Waals surface area contributed by atoms with Gasteiger partial charge >= 0.3 is 0 Å². The number of nitrogens with two attached hydrogens (primary N) is 1. The molecule has 0 aliphatic rings. The van der Waals surface area contributed by atoms with Gasteiger partial charge in [-0.3, -0.25) is 9.59 Å². The van der Waals surface area contributed by atoms with Gasteiger partial charge in [0, 0.05) is 41.2 Å². The zero-order valence-electron chi connectivity index (χ0n) is 17.9. The van der Waals surface area contributed by atoms with Crippen LogP contribution in [0, 0.1) is 0 Å². The summed E-state index contributed by atoms with van der Waals surface area (Å²) in [7, 11) is 5.72. The minimum atomic E-state index is -0.438. The number of hydrogen-bond acceptors (Lipinski definition) is 6. The zero-order valence-corrected chi connectivity index (χ0v) is 17.9. The molecule has 0 radical (unpaired) electrons. The largest absolute Gasteiger partial charge is 0.382 e. The lowest BCUT2D eigenvalue weighted by atomic mass is 10.1. The number of carbonyl (C=O) groups is 2. The molecular weight excluding hydrogens is 392 g/mol. The minimum absolute atomic E-state index is 0. The lowest BCUT2D eigenvalue weighted by Gasteiger charge is -2.19. The second-order valence-corrected chi connectivity index (χ2v) is 7.42. The fourth-order valence-corrected chi connectivity index (χ4v) is 2.87. The van der Waals surface area contributed by atoms with Gasteiger partial charge in [0.15, 0.2) is 11.5 Å². The first kappa shape index (κ1) is 21.9. The monoisotopic (exact) mass is 424 g/mol. The zero-order chi connectivity index (χ0) is 22.4. The van der Waals surface area contributed by atoms with Crippen LogP contribution in [0.1, 0.15) is 25.1 Å². The highest BCUT2D eigenvalue weighted by Crippen LogP contribution is 2.20. The molecule has 0 spiro atoms. The number of aromatic nitrogens is 2. The minimum Gasteiger partial charge on any atom is -0.382 e. The SMILES string of the molecule is CN(C)CCN(C)C(=O)c1ccc(-c2cnc(N)c(C(=O)Nc3ccccc3)n2)cc1.[HH].[HH].[HH]. The summed E-state index contributed by atoms with van der Waals surface area (Å²) in [5.41, 5.74) is 8.37. The normalized spacial score (nSPS) is 10.7. The Balaban J connectivity index is 0.00000363. The molecule has 2 aromatic carbocycles. The summed E-state index contributed by atoms with van der Waals surface area (Å²) in [6.07, 6.45) is 1.51. The van der Waals surface area contributed by atoms with Gasteiger partial charge in [0.25, 0.3) is 11.8 Å². The molecule has 3 N–H and O–H groups in total. The highest BCUT2D eigenvalue weighted by molar-refractivity contribution is 6.06.